The van der Waals surface area contributed by atoms with Crippen molar-refractivity contribution >= 4 is 7.82 Å². The minimum Gasteiger partial charge on any atom is -0.403 e. The standard InChI is InChI=1S/C19H21N2O7P/c1-11-6-12(2)17-14(7-11)9-25-29(24,28-17)26-10-15-4-5-16(27-15)21-8-13(3)18(22)20-19(21)23/h4-8,15-16H,9-10H2,1-3H3,(H,20,22,23)/t15?,16?,29-/m0/s1. The molecule has 10 heteroatoms. The Morgan fingerprint density at radius 2 is 2.00 bits per heavy atom. The third kappa shape index (κ3) is 4.00. The fraction of sp³-hybridized carbons (Fsp3) is 0.368. The van der Waals surface area contributed by atoms with Crippen LogP contribution in [0.25, 0.3) is 0 Å². The molecule has 2 aromatic rings. The van der Waals surface area contributed by atoms with E-state index in [4.69, 9.17) is 18.3 Å². The second kappa shape index (κ2) is 7.42. The van der Waals surface area contributed by atoms with Crippen molar-refractivity contribution in [2.45, 2.75) is 39.7 Å². The average Bonchev–Trinajstić information content (AvgIpc) is 3.13. The average molecular weight is 420 g/mol. The minimum absolute atomic E-state index is 0.0817. The molecule has 154 valence electrons. The fourth-order valence-electron chi connectivity index (χ4n) is 3.31. The molecular weight excluding hydrogens is 399 g/mol. The molecular formula is C19H21N2O7P. The number of ether oxygens (including phenoxy) is 1. The highest BCUT2D eigenvalue weighted by molar-refractivity contribution is 7.49. The molecule has 1 aromatic carbocycles. The Morgan fingerprint density at radius 1 is 1.21 bits per heavy atom. The molecule has 0 saturated carbocycles. The van der Waals surface area contributed by atoms with Crippen LogP contribution >= 0.6 is 7.82 Å². The predicted molar refractivity (Wildman–Crippen MR) is 104 cm³/mol. The number of hydrogen-bond donors (Lipinski definition) is 1. The van der Waals surface area contributed by atoms with Gasteiger partial charge >= 0.3 is 13.5 Å². The summed E-state index contributed by atoms with van der Waals surface area (Å²) in [5, 5.41) is 0. The number of aromatic amines is 1. The Morgan fingerprint density at radius 3 is 2.79 bits per heavy atom. The van der Waals surface area contributed by atoms with E-state index < -0.39 is 31.4 Å². The van der Waals surface area contributed by atoms with Crippen molar-refractivity contribution < 1.29 is 22.9 Å². The SMILES string of the molecule is Cc1cc(C)c2c(c1)CO[P@@](=O)(OCC1C=CC(n3cc(C)c(=O)[nH]c3=O)O1)O2. The molecule has 0 aliphatic carbocycles. The Bertz CT molecular complexity index is 1150. The van der Waals surface area contributed by atoms with Crippen molar-refractivity contribution in [1.82, 2.24) is 9.55 Å². The summed E-state index contributed by atoms with van der Waals surface area (Å²) in [6.07, 6.45) is 3.52. The van der Waals surface area contributed by atoms with Gasteiger partial charge in [0, 0.05) is 17.3 Å². The normalized spacial score (nSPS) is 25.6. The molecule has 29 heavy (non-hydrogen) atoms. The van der Waals surface area contributed by atoms with Crippen LogP contribution in [0, 0.1) is 20.8 Å². The topological polar surface area (TPSA) is 109 Å². The fourth-order valence-corrected chi connectivity index (χ4v) is 4.60. The van der Waals surface area contributed by atoms with Crippen LogP contribution in [0.5, 0.6) is 5.75 Å². The zero-order chi connectivity index (χ0) is 20.8. The maximum absolute atomic E-state index is 12.8. The van der Waals surface area contributed by atoms with Crippen molar-refractivity contribution in [1.29, 1.82) is 0 Å². The van der Waals surface area contributed by atoms with Crippen LogP contribution in [0.15, 0.2) is 40.1 Å². The molecule has 0 amide bonds. The number of aryl methyl sites for hydroxylation is 3. The number of hydrogen-bond acceptors (Lipinski definition) is 7. The quantitative estimate of drug-likeness (QED) is 0.598. The molecule has 0 saturated heterocycles. The number of fused-ring (bicyclic) bond motifs is 1. The number of benzene rings is 1. The van der Waals surface area contributed by atoms with E-state index in [2.05, 4.69) is 4.98 Å². The van der Waals surface area contributed by atoms with Gasteiger partial charge in [-0.3, -0.25) is 23.4 Å². The summed E-state index contributed by atoms with van der Waals surface area (Å²) in [4.78, 5) is 25.7. The summed E-state index contributed by atoms with van der Waals surface area (Å²) >= 11 is 0. The lowest BCUT2D eigenvalue weighted by Gasteiger charge is -2.27. The van der Waals surface area contributed by atoms with E-state index in [0.717, 1.165) is 16.7 Å². The first kappa shape index (κ1) is 19.8. The van der Waals surface area contributed by atoms with E-state index in [0.29, 0.717) is 11.3 Å². The van der Waals surface area contributed by atoms with Crippen LogP contribution < -0.4 is 15.8 Å². The highest BCUT2D eigenvalue weighted by Crippen LogP contribution is 2.55. The van der Waals surface area contributed by atoms with Crippen LogP contribution in [-0.2, 0) is 25.0 Å². The smallest absolute Gasteiger partial charge is 0.403 e. The first-order valence-corrected chi connectivity index (χ1v) is 10.5. The summed E-state index contributed by atoms with van der Waals surface area (Å²) in [5.74, 6) is 0.515. The largest absolute Gasteiger partial charge is 0.530 e. The van der Waals surface area contributed by atoms with E-state index in [1.54, 1.807) is 19.1 Å². The highest BCUT2D eigenvalue weighted by Gasteiger charge is 2.36. The molecule has 1 aromatic heterocycles. The van der Waals surface area contributed by atoms with Gasteiger partial charge in [0.25, 0.3) is 5.56 Å². The monoisotopic (exact) mass is 420 g/mol. The zero-order valence-electron chi connectivity index (χ0n) is 16.2. The van der Waals surface area contributed by atoms with Gasteiger partial charge in [0.15, 0.2) is 6.23 Å². The van der Waals surface area contributed by atoms with E-state index in [-0.39, 0.29) is 13.2 Å². The molecule has 0 bridgehead atoms. The molecule has 0 radical (unpaired) electrons. The van der Waals surface area contributed by atoms with E-state index in [1.807, 2.05) is 26.0 Å². The van der Waals surface area contributed by atoms with Gasteiger partial charge < -0.3 is 9.26 Å². The van der Waals surface area contributed by atoms with Gasteiger partial charge in [0.2, 0.25) is 0 Å². The van der Waals surface area contributed by atoms with Crippen molar-refractivity contribution in [2.75, 3.05) is 6.61 Å². The Balaban J connectivity index is 1.41. The second-order valence-corrected chi connectivity index (χ2v) is 8.70. The lowest BCUT2D eigenvalue weighted by Crippen LogP contribution is -2.33. The van der Waals surface area contributed by atoms with Gasteiger partial charge in [-0.05, 0) is 32.4 Å². The molecule has 0 spiro atoms. The van der Waals surface area contributed by atoms with E-state index >= 15 is 0 Å². The number of H-pyrrole nitrogens is 1. The second-order valence-electron chi connectivity index (χ2n) is 7.11. The lowest BCUT2D eigenvalue weighted by atomic mass is 10.1. The molecule has 2 unspecified atom stereocenters. The Labute approximate surface area is 166 Å². The lowest BCUT2D eigenvalue weighted by molar-refractivity contribution is -0.0130. The molecule has 3 atom stereocenters. The van der Waals surface area contributed by atoms with Crippen molar-refractivity contribution in [3.63, 3.8) is 0 Å². The van der Waals surface area contributed by atoms with Gasteiger partial charge in [-0.25, -0.2) is 9.36 Å². The van der Waals surface area contributed by atoms with Crippen molar-refractivity contribution in [3.8, 4) is 5.75 Å². The van der Waals surface area contributed by atoms with Gasteiger partial charge in [-0.1, -0.05) is 23.8 Å². The van der Waals surface area contributed by atoms with E-state index in [1.165, 1.54) is 10.8 Å². The van der Waals surface area contributed by atoms with Crippen molar-refractivity contribution in [2.24, 2.45) is 0 Å². The predicted octanol–water partition coefficient (Wildman–Crippen LogP) is 2.65. The van der Waals surface area contributed by atoms with Crippen LogP contribution in [0.1, 0.15) is 28.5 Å². The van der Waals surface area contributed by atoms with Crippen LogP contribution in [0.4, 0.5) is 0 Å². The maximum Gasteiger partial charge on any atom is 0.530 e. The van der Waals surface area contributed by atoms with Gasteiger partial charge in [-0.2, -0.15) is 0 Å². The summed E-state index contributed by atoms with van der Waals surface area (Å²) in [6, 6.07) is 3.86. The molecule has 3 heterocycles. The number of phosphoric acid groups is 1. The van der Waals surface area contributed by atoms with Crippen LogP contribution in [0.2, 0.25) is 0 Å². The van der Waals surface area contributed by atoms with E-state index in [9.17, 15) is 14.2 Å². The summed E-state index contributed by atoms with van der Waals surface area (Å²) in [7, 11) is -3.79. The molecule has 2 aliphatic heterocycles. The Hall–Kier alpha value is -2.45. The summed E-state index contributed by atoms with van der Waals surface area (Å²) in [6.45, 7) is 5.48. The zero-order valence-corrected chi connectivity index (χ0v) is 17.1. The first-order chi connectivity index (χ1) is 13.7. The minimum atomic E-state index is -3.79. The van der Waals surface area contributed by atoms with Crippen molar-refractivity contribution in [3.05, 3.63) is 73.6 Å². The van der Waals surface area contributed by atoms with Gasteiger partial charge in [-0.15, -0.1) is 0 Å². The highest BCUT2D eigenvalue weighted by atomic mass is 31.2. The number of nitrogens with zero attached hydrogens (tertiary/aromatic N) is 1. The number of aromatic nitrogens is 2. The molecule has 1 N–H and O–H groups in total. The van der Waals surface area contributed by atoms with Crippen LogP contribution in [0.3, 0.4) is 0 Å². The number of rotatable bonds is 4. The third-order valence-corrected chi connectivity index (χ3v) is 6.02. The summed E-state index contributed by atoms with van der Waals surface area (Å²) < 4.78 is 36.2. The molecule has 0 fully saturated rings. The van der Waals surface area contributed by atoms with Gasteiger partial charge in [0.05, 0.1) is 13.2 Å². The first-order valence-electron chi connectivity index (χ1n) is 9.09. The third-order valence-electron chi connectivity index (χ3n) is 4.70. The maximum atomic E-state index is 12.8. The summed E-state index contributed by atoms with van der Waals surface area (Å²) in [5.41, 5.74) is 2.11. The number of phosphoric ester groups is 1. The molecule has 2 aliphatic rings. The van der Waals surface area contributed by atoms with Gasteiger partial charge in [0.1, 0.15) is 11.9 Å². The van der Waals surface area contributed by atoms with Crippen LogP contribution in [-0.4, -0.2) is 22.3 Å². The number of nitrogens with one attached hydrogen (secondary N) is 1. The Kier molecular flexibility index (Phi) is 5.08. The molecule has 9 nitrogen and oxygen atoms in total. The molecule has 4 rings (SSSR count).